The van der Waals surface area contributed by atoms with E-state index in [0.717, 1.165) is 38.9 Å². The number of rotatable bonds is 33. The minimum Gasteiger partial charge on any atom is -0.481 e. The number of nitrogens with zero attached hydrogens (tertiary/aromatic N) is 3. The van der Waals surface area contributed by atoms with Gasteiger partial charge in [0.1, 0.15) is 54.9 Å². The number of benzene rings is 2. The van der Waals surface area contributed by atoms with E-state index in [1.807, 2.05) is 48.5 Å². The molecule has 29 heteroatoms. The van der Waals surface area contributed by atoms with Gasteiger partial charge in [0.2, 0.25) is 52.4 Å². The van der Waals surface area contributed by atoms with E-state index in [-0.39, 0.29) is 87.7 Å². The number of guanidine groups is 1. The van der Waals surface area contributed by atoms with Gasteiger partial charge < -0.3 is 78.5 Å². The molecule has 0 saturated carbocycles. The van der Waals surface area contributed by atoms with E-state index in [2.05, 4.69) is 42.2 Å². The number of aliphatic hydroxyl groups excluding tert-OH is 1. The Bertz CT molecular complexity index is 2880. The molecule has 14 N–H and O–H groups in total. The number of hydrogen-bond acceptors (Lipinski definition) is 16. The van der Waals surface area contributed by atoms with E-state index in [1.165, 1.54) is 11.8 Å². The third kappa shape index (κ3) is 20.3. The number of amides is 9. The number of aliphatic carboxylic acids is 2. The van der Waals surface area contributed by atoms with Gasteiger partial charge >= 0.3 is 18.0 Å². The molecule has 5 rings (SSSR count). The topological polar surface area (TPSA) is 430 Å². The average Bonchev–Trinajstić information content (AvgIpc) is 1.96. The molecule has 3 aliphatic rings. The van der Waals surface area contributed by atoms with Crippen LogP contribution < -0.4 is 48.7 Å². The molecule has 0 radical (unpaired) electrons. The van der Waals surface area contributed by atoms with Crippen molar-refractivity contribution in [3.05, 3.63) is 59.7 Å². The van der Waals surface area contributed by atoms with Crippen molar-refractivity contribution in [3.63, 3.8) is 0 Å². The summed E-state index contributed by atoms with van der Waals surface area (Å²) < 4.78 is 5.69. The maximum Gasteiger partial charge on any atom is 0.407 e. The van der Waals surface area contributed by atoms with E-state index in [1.54, 1.807) is 34.6 Å². The van der Waals surface area contributed by atoms with Gasteiger partial charge in [-0.3, -0.25) is 57.7 Å². The lowest BCUT2D eigenvalue weighted by molar-refractivity contribution is -0.146. The Labute approximate surface area is 520 Å². The molecule has 2 saturated heterocycles. The third-order valence-corrected chi connectivity index (χ3v) is 16.7. The maximum absolute atomic E-state index is 14.3. The fourth-order valence-corrected chi connectivity index (χ4v) is 11.8. The minimum atomic E-state index is -1.59. The molecule has 2 aliphatic heterocycles. The van der Waals surface area contributed by atoms with Gasteiger partial charge in [0.25, 0.3) is 0 Å². The summed E-state index contributed by atoms with van der Waals surface area (Å²) in [4.78, 5) is 168. The highest BCUT2D eigenvalue weighted by molar-refractivity contribution is 8.13. The van der Waals surface area contributed by atoms with E-state index in [0.29, 0.717) is 12.2 Å². The van der Waals surface area contributed by atoms with Crippen LogP contribution in [0.15, 0.2) is 53.5 Å². The highest BCUT2D eigenvalue weighted by atomic mass is 32.2. The number of likely N-dealkylation sites (tertiary alicyclic amines) is 2. The highest BCUT2D eigenvalue weighted by Gasteiger charge is 2.44. The number of aliphatic imine (C=N–C) groups is 1. The van der Waals surface area contributed by atoms with Gasteiger partial charge in [-0.25, -0.2) is 4.79 Å². The molecule has 28 nitrogen and oxygen atoms in total. The predicted molar refractivity (Wildman–Crippen MR) is 327 cm³/mol. The Balaban J connectivity index is 1.24. The average molecular weight is 1260 g/mol. The molecule has 2 aromatic rings. The fraction of sp³-hybridized carbons (Fsp3) is 0.583. The first-order valence-electron chi connectivity index (χ1n) is 30.1. The quantitative estimate of drug-likeness (QED) is 0.0264. The van der Waals surface area contributed by atoms with Crippen molar-refractivity contribution >= 4 is 88.1 Å². The molecule has 9 amide bonds. The summed E-state index contributed by atoms with van der Waals surface area (Å²) in [6.07, 6.45) is -3.24. The molecular formula is C60H86N12O16S. The molecule has 2 heterocycles. The number of aliphatic hydroxyl groups is 1. The molecule has 89 heavy (non-hydrogen) atoms. The monoisotopic (exact) mass is 1260 g/mol. The van der Waals surface area contributed by atoms with Crippen molar-refractivity contribution in [1.29, 1.82) is 0 Å². The van der Waals surface area contributed by atoms with Gasteiger partial charge in [-0.15, -0.1) is 0 Å². The molecule has 0 bridgehead atoms. The lowest BCUT2D eigenvalue weighted by Gasteiger charge is -2.33. The van der Waals surface area contributed by atoms with Gasteiger partial charge in [0.05, 0.1) is 12.6 Å². The summed E-state index contributed by atoms with van der Waals surface area (Å²) in [6, 6.07) is 4.77. The number of fused-ring (bicyclic) bond motifs is 3. The Kier molecular flexibility index (Phi) is 27.6. The van der Waals surface area contributed by atoms with Gasteiger partial charge in [-0.2, -0.15) is 0 Å². The van der Waals surface area contributed by atoms with E-state index < -0.39 is 158 Å². The Morgan fingerprint density at radius 1 is 0.652 bits per heavy atom. The van der Waals surface area contributed by atoms with Crippen LogP contribution in [-0.4, -0.2) is 194 Å². The minimum absolute atomic E-state index is 0.0276. The number of nitrogens with one attached hydrogen (secondary N) is 7. The van der Waals surface area contributed by atoms with Crippen molar-refractivity contribution in [1.82, 2.24) is 47.0 Å². The first-order valence-corrected chi connectivity index (χ1v) is 31.1. The van der Waals surface area contributed by atoms with Crippen LogP contribution in [0.25, 0.3) is 11.1 Å². The number of carboxylic acid groups (broad SMARTS) is 2. The molecule has 0 aromatic heterocycles. The molecule has 0 spiro atoms. The number of ether oxygens (including phenoxy) is 1. The SMILES string of the molecule is CCSC(=O)[C@@H](NC(=O)[C@@H]1CCCN1C(=O)[C@@H](NC(=O)[C@@H]1CCCN1C(=O)[C@H](CCC(=O)O)NC(=O)CNC(=O)[C@@H](NC(=O)[C@H](CCC(=O)O)NC(=O)[C@H](CCCN=C(N)N)NC(=O)OCC1c2ccccc2-c2ccccc21)[C@@H](C)CC)[C@@H](C)O)C(C)C. The summed E-state index contributed by atoms with van der Waals surface area (Å²) in [6.45, 7) is 9.16. The first kappa shape index (κ1) is 71.4. The van der Waals surface area contributed by atoms with Gasteiger partial charge in [-0.1, -0.05) is 101 Å². The number of carbonyl (C=O) groups excluding carboxylic acids is 10. The number of alkyl carbamates (subject to hydrolysis) is 1. The number of carboxylic acids is 2. The van der Waals surface area contributed by atoms with Gasteiger partial charge in [0.15, 0.2) is 5.96 Å². The number of carbonyl (C=O) groups is 12. The van der Waals surface area contributed by atoms with Crippen molar-refractivity contribution < 1.29 is 77.6 Å². The van der Waals surface area contributed by atoms with E-state index in [9.17, 15) is 72.9 Å². The second-order valence-electron chi connectivity index (χ2n) is 22.7. The van der Waals surface area contributed by atoms with Crippen molar-refractivity contribution in [2.24, 2.45) is 28.3 Å². The molecule has 1 aliphatic carbocycles. The van der Waals surface area contributed by atoms with Crippen LogP contribution in [0.1, 0.15) is 129 Å². The highest BCUT2D eigenvalue weighted by Crippen LogP contribution is 2.44. The summed E-state index contributed by atoms with van der Waals surface area (Å²) in [7, 11) is 0. The Morgan fingerprint density at radius 3 is 1.71 bits per heavy atom. The maximum atomic E-state index is 14.3. The van der Waals surface area contributed by atoms with Crippen molar-refractivity contribution in [2.45, 2.75) is 173 Å². The van der Waals surface area contributed by atoms with Crippen LogP contribution in [0.5, 0.6) is 0 Å². The van der Waals surface area contributed by atoms with E-state index >= 15 is 0 Å². The first-order chi connectivity index (χ1) is 42.3. The molecular weight excluding hydrogens is 1180 g/mol. The number of nitrogens with two attached hydrogens (primary N) is 2. The van der Waals surface area contributed by atoms with Crippen LogP contribution >= 0.6 is 11.8 Å². The normalized spacial score (nSPS) is 17.8. The van der Waals surface area contributed by atoms with Crippen LogP contribution in [0, 0.1) is 11.8 Å². The second-order valence-corrected chi connectivity index (χ2v) is 24.0. The van der Waals surface area contributed by atoms with Gasteiger partial charge in [-0.05, 0) is 98.1 Å². The fourth-order valence-electron chi connectivity index (χ4n) is 11.0. The van der Waals surface area contributed by atoms with Crippen molar-refractivity contribution in [2.75, 3.05) is 38.5 Å². The smallest absolute Gasteiger partial charge is 0.407 e. The lowest BCUT2D eigenvalue weighted by Crippen LogP contribution is -2.61. The zero-order valence-corrected chi connectivity index (χ0v) is 51.9. The standard InChI is InChI=1S/C60H86N12O16S/c1-7-33(5)49(69-52(80)41(23-25-46(75)76)66-51(79)40(20-13-27-63-59(61)62)67-60(87)88-31-39-37-18-11-9-16-35(37)36-17-10-12-19-38(36)39)55(83)64-30-45(74)65-42(24-26-47(77)78)56(84)71-28-14-21-43(71)54(82)70-50(34(6)73)57(85)72-29-15-22-44(72)53(81)68-48(32(3)4)58(86)89-8-2/h9-12,16-19,32-34,39-44,48-50,73H,7-8,13-15,20-31H2,1-6H3,(H,64,83)(H,65,74)(H,66,79)(H,67,87)(H,68,81)(H,69,80)(H,70,82)(H,75,76)(H,77,78)(H4,61,62,63)/t33-,34+,40-,41-,42-,43-,44-,48-,49-,50-/m0/s1. The van der Waals surface area contributed by atoms with Crippen LogP contribution in [0.3, 0.4) is 0 Å². The van der Waals surface area contributed by atoms with Gasteiger partial charge in [0, 0.05) is 38.4 Å². The molecule has 10 atom stereocenters. The van der Waals surface area contributed by atoms with Crippen LogP contribution in [0.4, 0.5) is 4.79 Å². The second kappa shape index (κ2) is 34.4. The number of hydrogen-bond donors (Lipinski definition) is 12. The summed E-state index contributed by atoms with van der Waals surface area (Å²) in [5, 5.41) is 47.7. The largest absolute Gasteiger partial charge is 0.481 e. The zero-order chi connectivity index (χ0) is 65.6. The predicted octanol–water partition coefficient (Wildman–Crippen LogP) is 0.562. The summed E-state index contributed by atoms with van der Waals surface area (Å²) in [5.41, 5.74) is 14.9. The lowest BCUT2D eigenvalue weighted by atomic mass is 9.97. The molecule has 488 valence electrons. The summed E-state index contributed by atoms with van der Waals surface area (Å²) in [5.74, 6) is -10.4. The van der Waals surface area contributed by atoms with Crippen LogP contribution in [-0.2, 0) is 57.5 Å². The molecule has 2 aromatic carbocycles. The molecule has 0 unspecified atom stereocenters. The zero-order valence-electron chi connectivity index (χ0n) is 51.1. The molecule has 2 fully saturated rings. The number of thioether (sulfide) groups is 1. The van der Waals surface area contributed by atoms with Crippen molar-refractivity contribution in [3.8, 4) is 11.1 Å². The Morgan fingerprint density at radius 2 is 1.18 bits per heavy atom. The summed E-state index contributed by atoms with van der Waals surface area (Å²) >= 11 is 1.06. The van der Waals surface area contributed by atoms with E-state index in [4.69, 9.17) is 16.2 Å². The van der Waals surface area contributed by atoms with Crippen LogP contribution in [0.2, 0.25) is 0 Å². The third-order valence-electron chi connectivity index (χ3n) is 15.9. The Hall–Kier alpha value is -8.34.